The molecule has 0 saturated carbocycles. The van der Waals surface area contributed by atoms with Gasteiger partial charge < -0.3 is 0 Å². The lowest BCUT2D eigenvalue weighted by Gasteiger charge is -2.18. The van der Waals surface area contributed by atoms with Crippen LogP contribution in [0.1, 0.15) is 60.8 Å². The topological polar surface area (TPSA) is 145 Å². The molecule has 5 aliphatic heterocycles. The first kappa shape index (κ1) is 29.8. The smallest absolute Gasteiger partial charge is 0.286 e. The predicted octanol–water partition coefficient (Wildman–Crippen LogP) is 6.12. The van der Waals surface area contributed by atoms with Crippen molar-refractivity contribution in [3.8, 4) is 0 Å². The van der Waals surface area contributed by atoms with E-state index in [1.165, 1.54) is 0 Å². The van der Waals surface area contributed by atoms with Crippen molar-refractivity contribution in [2.75, 3.05) is 0 Å². The van der Waals surface area contributed by atoms with Gasteiger partial charge in [0.25, 0.3) is 11.8 Å². The van der Waals surface area contributed by atoms with E-state index in [1.54, 1.807) is 18.5 Å². The molecule has 2 N–H and O–H groups in total. The van der Waals surface area contributed by atoms with Gasteiger partial charge in [0, 0.05) is 40.4 Å². The van der Waals surface area contributed by atoms with Gasteiger partial charge in [0.1, 0.15) is 0 Å². The molecule has 5 aliphatic rings. The highest BCUT2D eigenvalue weighted by Gasteiger charge is 2.37. The zero-order valence-corrected chi connectivity index (χ0v) is 25.2. The number of hydrogen-bond donors (Lipinski definition) is 2. The Balaban J connectivity index is 1.81. The molecule has 0 aromatic carbocycles. The highest BCUT2D eigenvalue weighted by atomic mass is 16.5. The third-order valence-electron chi connectivity index (χ3n) is 8.82. The highest BCUT2D eigenvalue weighted by Crippen LogP contribution is 2.41. The first-order valence-electron chi connectivity index (χ1n) is 14.3. The molecule has 5 heterocycles. The molecule has 0 saturated heterocycles. The number of hydrogen-bond acceptors (Lipinski definition) is 8. The van der Waals surface area contributed by atoms with Gasteiger partial charge >= 0.3 is 0 Å². The van der Waals surface area contributed by atoms with E-state index in [1.807, 2.05) is 45.9 Å². The van der Waals surface area contributed by atoms with Crippen LogP contribution in [0, 0.1) is 16.7 Å². The molecule has 2 amide bonds. The van der Waals surface area contributed by atoms with Crippen LogP contribution >= 0.6 is 0 Å². The van der Waals surface area contributed by atoms with Gasteiger partial charge in [-0.05, 0) is 86.6 Å². The van der Waals surface area contributed by atoms with E-state index in [0.717, 1.165) is 57.2 Å². The number of nitrogens with zero attached hydrogens (tertiary/aromatic N) is 5. The van der Waals surface area contributed by atoms with Crippen molar-refractivity contribution in [3.63, 3.8) is 0 Å². The molecule has 5 rings (SSSR count). The van der Waals surface area contributed by atoms with Crippen molar-refractivity contribution in [1.29, 1.82) is 0 Å². The molecule has 2 atom stereocenters. The number of hydroxylamine groups is 1. The SMILES string of the molecule is C=CC1=C(C)C2=CC3=NC(=C(C)C4=NC(=CC5=NC(=CC1=N2)C(C)=C5CC)C(C)=C4C(=O)NO)[C@@H](CCC(=O)N=O)[C@@H]3C. The molecule has 43 heavy (non-hydrogen) atoms. The van der Waals surface area contributed by atoms with E-state index in [2.05, 4.69) is 18.7 Å². The van der Waals surface area contributed by atoms with Crippen LogP contribution in [0.25, 0.3) is 0 Å². The van der Waals surface area contributed by atoms with Crippen LogP contribution < -0.4 is 5.48 Å². The fraction of sp³-hybridized carbons (Fsp3) is 0.333. The van der Waals surface area contributed by atoms with Crippen LogP contribution in [0.15, 0.2) is 118 Å². The standard InChI is InChI=1S/C33H34N6O4/c1-8-20-15(3)23-12-25-17(5)22(10-11-29(40)38-42)31(36-25)19(7)32-30(33(41)39-43)18(6)26(37-32)14-28-21(9-2)16(4)24(35-28)13-27(20)34-23/h8,12-14,17,22,43H,1,9-11H2,2-7H3,(H,39,41)/t17-,22-/m0/s1. The van der Waals surface area contributed by atoms with Gasteiger partial charge in [-0.2, -0.15) is 0 Å². The number of fused-ring (bicyclic) bond motifs is 4. The van der Waals surface area contributed by atoms with Crippen LogP contribution in [-0.2, 0) is 9.59 Å². The average molecular weight is 579 g/mol. The molecule has 0 aromatic heterocycles. The third-order valence-corrected chi connectivity index (χ3v) is 8.82. The Kier molecular flexibility index (Phi) is 7.98. The summed E-state index contributed by atoms with van der Waals surface area (Å²) in [5.41, 5.74) is 12.6. The lowest BCUT2D eigenvalue weighted by atomic mass is 9.84. The van der Waals surface area contributed by atoms with Crippen LogP contribution in [0.2, 0.25) is 0 Å². The summed E-state index contributed by atoms with van der Waals surface area (Å²) in [6.45, 7) is 15.8. The largest absolute Gasteiger partial charge is 0.288 e. The Morgan fingerprint density at radius 2 is 1.60 bits per heavy atom. The summed E-state index contributed by atoms with van der Waals surface area (Å²) >= 11 is 0. The Hall–Kier alpha value is -4.70. The number of rotatable bonds is 6. The lowest BCUT2D eigenvalue weighted by Crippen LogP contribution is -2.26. The number of carbonyl (C=O) groups excluding carboxylic acids is 2. The van der Waals surface area contributed by atoms with Crippen molar-refractivity contribution in [2.24, 2.45) is 37.0 Å². The Labute approximate surface area is 250 Å². The van der Waals surface area contributed by atoms with Crippen LogP contribution in [0.5, 0.6) is 0 Å². The molecule has 0 spiro atoms. The summed E-state index contributed by atoms with van der Waals surface area (Å²) in [6.07, 6.45) is 8.63. The first-order valence-corrected chi connectivity index (χ1v) is 14.3. The summed E-state index contributed by atoms with van der Waals surface area (Å²) in [5, 5.41) is 12.2. The second-order valence-corrected chi connectivity index (χ2v) is 11.1. The van der Waals surface area contributed by atoms with Gasteiger partial charge in [-0.25, -0.2) is 20.5 Å². The van der Waals surface area contributed by atoms with Crippen molar-refractivity contribution in [3.05, 3.63) is 97.6 Å². The average Bonchev–Trinajstić information content (AvgIpc) is 3.68. The maximum Gasteiger partial charge on any atom is 0.286 e. The maximum absolute atomic E-state index is 13.0. The monoisotopic (exact) mass is 578 g/mol. The summed E-state index contributed by atoms with van der Waals surface area (Å²) in [6, 6.07) is 0. The summed E-state index contributed by atoms with van der Waals surface area (Å²) in [5.74, 6) is -1.81. The molecule has 0 fully saturated rings. The second-order valence-electron chi connectivity index (χ2n) is 11.1. The van der Waals surface area contributed by atoms with E-state index < -0.39 is 11.8 Å². The van der Waals surface area contributed by atoms with Crippen molar-refractivity contribution in [1.82, 2.24) is 5.48 Å². The van der Waals surface area contributed by atoms with E-state index in [4.69, 9.17) is 20.0 Å². The molecule has 0 aliphatic carbocycles. The quantitative estimate of drug-likeness (QED) is 0.222. The molecule has 0 radical (unpaired) electrons. The minimum atomic E-state index is -0.729. The van der Waals surface area contributed by atoms with Gasteiger partial charge in [-0.15, -0.1) is 4.91 Å². The van der Waals surface area contributed by atoms with E-state index in [-0.39, 0.29) is 23.8 Å². The molecule has 10 nitrogen and oxygen atoms in total. The molecule has 220 valence electrons. The van der Waals surface area contributed by atoms with Gasteiger partial charge in [0.15, 0.2) is 0 Å². The minimum Gasteiger partial charge on any atom is -0.288 e. The van der Waals surface area contributed by atoms with E-state index in [0.29, 0.717) is 34.7 Å². The van der Waals surface area contributed by atoms with E-state index >= 15 is 0 Å². The van der Waals surface area contributed by atoms with Crippen molar-refractivity contribution >= 4 is 34.7 Å². The van der Waals surface area contributed by atoms with Gasteiger partial charge in [0.05, 0.1) is 39.8 Å². The normalized spacial score (nSPS) is 23.1. The zero-order valence-electron chi connectivity index (χ0n) is 25.2. The summed E-state index contributed by atoms with van der Waals surface area (Å²) in [4.78, 5) is 55.6. The number of nitrogens with one attached hydrogen (secondary N) is 1. The highest BCUT2D eigenvalue weighted by molar-refractivity contribution is 6.31. The lowest BCUT2D eigenvalue weighted by molar-refractivity contribution is -0.124. The Morgan fingerprint density at radius 1 is 0.953 bits per heavy atom. The van der Waals surface area contributed by atoms with Gasteiger partial charge in [-0.3, -0.25) is 19.8 Å². The number of carbonyl (C=O) groups is 2. The Bertz CT molecular complexity index is 1750. The fourth-order valence-corrected chi connectivity index (χ4v) is 6.28. The zero-order chi connectivity index (χ0) is 31.2. The summed E-state index contributed by atoms with van der Waals surface area (Å²) < 4.78 is 0. The number of allylic oxidation sites excluding steroid dienone is 11. The minimum absolute atomic E-state index is 0.0359. The molecule has 10 heteroatoms. The maximum atomic E-state index is 13.0. The second kappa shape index (κ2) is 11.5. The van der Waals surface area contributed by atoms with Gasteiger partial charge in [0.2, 0.25) is 0 Å². The molecule has 0 aromatic rings. The predicted molar refractivity (Wildman–Crippen MR) is 168 cm³/mol. The molecule has 8 bridgehead atoms. The number of aliphatic imine (C=N–C) groups is 4. The van der Waals surface area contributed by atoms with Crippen molar-refractivity contribution in [2.45, 2.75) is 60.8 Å². The fourth-order valence-electron chi connectivity index (χ4n) is 6.28. The molecular formula is C33H34N6O4. The number of nitroso groups, excluding NO2 is 1. The number of amides is 2. The Morgan fingerprint density at radius 3 is 2.26 bits per heavy atom. The van der Waals surface area contributed by atoms with Crippen LogP contribution in [-0.4, -0.2) is 39.9 Å². The van der Waals surface area contributed by atoms with Crippen LogP contribution in [0.4, 0.5) is 0 Å². The van der Waals surface area contributed by atoms with E-state index in [9.17, 15) is 19.7 Å². The van der Waals surface area contributed by atoms with Crippen LogP contribution in [0.3, 0.4) is 0 Å². The third kappa shape index (κ3) is 5.01. The summed E-state index contributed by atoms with van der Waals surface area (Å²) in [7, 11) is 0. The van der Waals surface area contributed by atoms with Crippen molar-refractivity contribution < 1.29 is 14.8 Å². The molecular weight excluding hydrogens is 544 g/mol. The first-order chi connectivity index (χ1) is 20.5. The van der Waals surface area contributed by atoms with Gasteiger partial charge in [-0.1, -0.05) is 26.5 Å². The molecule has 0 unspecified atom stereocenters.